The summed E-state index contributed by atoms with van der Waals surface area (Å²) in [5.74, 6) is -0.326. The number of rotatable bonds is 8. The first-order valence-electron chi connectivity index (χ1n) is 6.45. The maximum Gasteiger partial charge on any atom is 0.350 e. The molecule has 0 amide bonds. The Kier molecular flexibility index (Phi) is 6.80. The minimum absolute atomic E-state index is 0.289. The topological polar surface area (TPSA) is 60.5 Å². The number of nitrogens with zero attached hydrogens (tertiary/aromatic N) is 1. The van der Waals surface area contributed by atoms with Crippen molar-refractivity contribution in [1.29, 1.82) is 0 Å². The molecule has 6 heteroatoms. The van der Waals surface area contributed by atoms with Crippen LogP contribution in [0.25, 0.3) is 0 Å². The standard InChI is InChI=1S/C13H22N2O3S/c1-9(2)18-8-6-5-7-14-13-15-10(3)11(19-13)12(16)17-4/h9H,5-8H2,1-4H3,(H,14,15). The zero-order valence-electron chi connectivity index (χ0n) is 12.0. The molecule has 0 fully saturated rings. The summed E-state index contributed by atoms with van der Waals surface area (Å²) >= 11 is 1.33. The van der Waals surface area contributed by atoms with Crippen LogP contribution in [0.1, 0.15) is 42.1 Å². The predicted octanol–water partition coefficient (Wildman–Crippen LogP) is 2.86. The van der Waals surface area contributed by atoms with Crippen molar-refractivity contribution in [2.75, 3.05) is 25.6 Å². The molecule has 0 saturated carbocycles. The Morgan fingerprint density at radius 1 is 1.42 bits per heavy atom. The smallest absolute Gasteiger partial charge is 0.350 e. The summed E-state index contributed by atoms with van der Waals surface area (Å²) in [6.45, 7) is 7.49. The van der Waals surface area contributed by atoms with Crippen molar-refractivity contribution in [2.45, 2.75) is 39.7 Å². The van der Waals surface area contributed by atoms with Gasteiger partial charge in [0.05, 0.1) is 18.9 Å². The van der Waals surface area contributed by atoms with Crippen LogP contribution in [-0.2, 0) is 9.47 Å². The number of ether oxygens (including phenoxy) is 2. The summed E-state index contributed by atoms with van der Waals surface area (Å²) in [6, 6.07) is 0. The van der Waals surface area contributed by atoms with E-state index in [-0.39, 0.29) is 12.1 Å². The van der Waals surface area contributed by atoms with Gasteiger partial charge in [-0.1, -0.05) is 11.3 Å². The van der Waals surface area contributed by atoms with Crippen LogP contribution in [0.5, 0.6) is 0 Å². The fraction of sp³-hybridized carbons (Fsp3) is 0.692. The average molecular weight is 286 g/mol. The van der Waals surface area contributed by atoms with E-state index in [0.717, 1.165) is 31.1 Å². The molecule has 0 bridgehead atoms. The van der Waals surface area contributed by atoms with Gasteiger partial charge in [-0.3, -0.25) is 0 Å². The van der Waals surface area contributed by atoms with Gasteiger partial charge in [-0.25, -0.2) is 9.78 Å². The molecular weight excluding hydrogens is 264 g/mol. The number of hydrogen-bond donors (Lipinski definition) is 1. The molecule has 1 heterocycles. The van der Waals surface area contributed by atoms with Gasteiger partial charge in [0.1, 0.15) is 4.88 Å². The third kappa shape index (κ3) is 5.57. The third-order valence-corrected chi connectivity index (χ3v) is 3.56. The lowest BCUT2D eigenvalue weighted by Gasteiger charge is -2.07. The lowest BCUT2D eigenvalue weighted by Crippen LogP contribution is -2.06. The van der Waals surface area contributed by atoms with Gasteiger partial charge in [-0.15, -0.1) is 0 Å². The summed E-state index contributed by atoms with van der Waals surface area (Å²) in [5.41, 5.74) is 0.711. The van der Waals surface area contributed by atoms with E-state index in [4.69, 9.17) is 9.47 Å². The molecule has 0 spiro atoms. The Bertz CT molecular complexity index is 405. The number of nitrogens with one attached hydrogen (secondary N) is 1. The molecule has 1 aromatic heterocycles. The Morgan fingerprint density at radius 3 is 2.79 bits per heavy atom. The highest BCUT2D eigenvalue weighted by molar-refractivity contribution is 7.17. The highest BCUT2D eigenvalue weighted by Gasteiger charge is 2.15. The maximum absolute atomic E-state index is 11.4. The summed E-state index contributed by atoms with van der Waals surface area (Å²) in [4.78, 5) is 16.3. The van der Waals surface area contributed by atoms with E-state index in [1.165, 1.54) is 18.4 Å². The summed E-state index contributed by atoms with van der Waals surface area (Å²) in [7, 11) is 1.38. The number of esters is 1. The fourth-order valence-electron chi connectivity index (χ4n) is 1.50. The normalized spacial score (nSPS) is 10.8. The number of aryl methyl sites for hydroxylation is 1. The molecule has 0 aliphatic carbocycles. The number of unbranched alkanes of at least 4 members (excludes halogenated alkanes) is 1. The number of hydrogen-bond acceptors (Lipinski definition) is 6. The maximum atomic E-state index is 11.4. The first-order chi connectivity index (χ1) is 9.04. The molecule has 0 aliphatic heterocycles. The molecule has 19 heavy (non-hydrogen) atoms. The molecule has 0 radical (unpaired) electrons. The molecule has 0 unspecified atom stereocenters. The van der Waals surface area contributed by atoms with E-state index in [2.05, 4.69) is 10.3 Å². The van der Waals surface area contributed by atoms with Gasteiger partial charge in [0.2, 0.25) is 0 Å². The molecule has 0 atom stereocenters. The number of carbonyl (C=O) groups excluding carboxylic acids is 1. The predicted molar refractivity (Wildman–Crippen MR) is 77.0 cm³/mol. The van der Waals surface area contributed by atoms with E-state index in [9.17, 15) is 4.79 Å². The van der Waals surface area contributed by atoms with Crippen molar-refractivity contribution in [3.05, 3.63) is 10.6 Å². The summed E-state index contributed by atoms with van der Waals surface area (Å²) in [5, 5.41) is 3.98. The second-order valence-corrected chi connectivity index (χ2v) is 5.48. The number of carbonyl (C=O) groups is 1. The van der Waals surface area contributed by atoms with Crippen LogP contribution in [0, 0.1) is 6.92 Å². The van der Waals surface area contributed by atoms with Crippen LogP contribution in [-0.4, -0.2) is 37.3 Å². The average Bonchev–Trinajstić information content (AvgIpc) is 2.73. The molecular formula is C13H22N2O3S. The second kappa shape index (κ2) is 8.12. The fourth-order valence-corrected chi connectivity index (χ4v) is 2.41. The van der Waals surface area contributed by atoms with Crippen molar-refractivity contribution in [1.82, 2.24) is 4.98 Å². The second-order valence-electron chi connectivity index (χ2n) is 4.48. The van der Waals surface area contributed by atoms with Gasteiger partial charge >= 0.3 is 5.97 Å². The Morgan fingerprint density at radius 2 is 2.16 bits per heavy atom. The zero-order valence-corrected chi connectivity index (χ0v) is 12.8. The van der Waals surface area contributed by atoms with Crippen LogP contribution < -0.4 is 5.32 Å². The van der Waals surface area contributed by atoms with Crippen molar-refractivity contribution in [3.63, 3.8) is 0 Å². The van der Waals surface area contributed by atoms with E-state index in [1.807, 2.05) is 20.8 Å². The summed E-state index contributed by atoms with van der Waals surface area (Å²) in [6.07, 6.45) is 2.32. The Hall–Kier alpha value is -1.14. The van der Waals surface area contributed by atoms with E-state index < -0.39 is 0 Å². The molecule has 108 valence electrons. The van der Waals surface area contributed by atoms with Crippen molar-refractivity contribution < 1.29 is 14.3 Å². The highest BCUT2D eigenvalue weighted by Crippen LogP contribution is 2.23. The molecule has 5 nitrogen and oxygen atoms in total. The lowest BCUT2D eigenvalue weighted by atomic mass is 10.3. The van der Waals surface area contributed by atoms with Crippen molar-refractivity contribution >= 4 is 22.4 Å². The minimum atomic E-state index is -0.326. The summed E-state index contributed by atoms with van der Waals surface area (Å²) < 4.78 is 10.2. The van der Waals surface area contributed by atoms with Gasteiger partial charge in [0, 0.05) is 13.2 Å². The lowest BCUT2D eigenvalue weighted by molar-refractivity contribution is 0.0605. The van der Waals surface area contributed by atoms with E-state index >= 15 is 0 Å². The van der Waals surface area contributed by atoms with Gasteiger partial charge in [-0.2, -0.15) is 0 Å². The van der Waals surface area contributed by atoms with Crippen LogP contribution in [0.15, 0.2) is 0 Å². The Labute approximate surface area is 118 Å². The van der Waals surface area contributed by atoms with Gasteiger partial charge < -0.3 is 14.8 Å². The van der Waals surface area contributed by atoms with Gasteiger partial charge in [0.15, 0.2) is 5.13 Å². The quantitative estimate of drug-likeness (QED) is 0.588. The largest absolute Gasteiger partial charge is 0.465 e. The van der Waals surface area contributed by atoms with Crippen LogP contribution in [0.4, 0.5) is 5.13 Å². The molecule has 0 saturated heterocycles. The molecule has 0 aliphatic rings. The van der Waals surface area contributed by atoms with Gasteiger partial charge in [-0.05, 0) is 33.6 Å². The van der Waals surface area contributed by atoms with E-state index in [0.29, 0.717) is 10.6 Å². The van der Waals surface area contributed by atoms with Crippen LogP contribution >= 0.6 is 11.3 Å². The third-order valence-electron chi connectivity index (χ3n) is 2.47. The first kappa shape index (κ1) is 15.9. The molecule has 0 aromatic carbocycles. The van der Waals surface area contributed by atoms with Crippen LogP contribution in [0.3, 0.4) is 0 Å². The van der Waals surface area contributed by atoms with Crippen molar-refractivity contribution in [2.24, 2.45) is 0 Å². The zero-order chi connectivity index (χ0) is 14.3. The SMILES string of the molecule is COC(=O)c1sc(NCCCCOC(C)C)nc1C. The van der Waals surface area contributed by atoms with Gasteiger partial charge in [0.25, 0.3) is 0 Å². The van der Waals surface area contributed by atoms with Crippen molar-refractivity contribution in [3.8, 4) is 0 Å². The molecule has 1 rings (SSSR count). The number of aromatic nitrogens is 1. The molecule has 1 N–H and O–H groups in total. The monoisotopic (exact) mass is 286 g/mol. The number of methoxy groups -OCH3 is 1. The number of thiazole rings is 1. The first-order valence-corrected chi connectivity index (χ1v) is 7.27. The Balaban J connectivity index is 2.28. The van der Waals surface area contributed by atoms with E-state index in [1.54, 1.807) is 0 Å². The highest BCUT2D eigenvalue weighted by atomic mass is 32.1. The number of anilines is 1. The van der Waals surface area contributed by atoms with Crippen LogP contribution in [0.2, 0.25) is 0 Å². The molecule has 1 aromatic rings. The minimum Gasteiger partial charge on any atom is -0.465 e.